The fourth-order valence-corrected chi connectivity index (χ4v) is 1.96. The number of amides is 1. The molecule has 0 spiro atoms. The minimum atomic E-state index is -0.760. The standard InChI is InChI=1S/C14H21NO5/c1-9(16)13(19-3)12(15-14(17)20-4)10-5-7-11(18-2)8-6-10/h5-9,12-13,16H,1-4H3,(H,15,17)/t9?,12-,13-/m1/s1. The van der Waals surface area contributed by atoms with Gasteiger partial charge in [0, 0.05) is 7.11 Å². The highest BCUT2D eigenvalue weighted by Crippen LogP contribution is 2.24. The molecule has 0 aliphatic rings. The van der Waals surface area contributed by atoms with Crippen LogP contribution < -0.4 is 10.1 Å². The van der Waals surface area contributed by atoms with Crippen molar-refractivity contribution in [2.45, 2.75) is 25.2 Å². The van der Waals surface area contributed by atoms with E-state index < -0.39 is 24.3 Å². The summed E-state index contributed by atoms with van der Waals surface area (Å²) in [4.78, 5) is 11.5. The van der Waals surface area contributed by atoms with E-state index in [2.05, 4.69) is 10.1 Å². The quantitative estimate of drug-likeness (QED) is 0.827. The smallest absolute Gasteiger partial charge is 0.407 e. The predicted molar refractivity (Wildman–Crippen MR) is 73.8 cm³/mol. The Hall–Kier alpha value is -1.79. The van der Waals surface area contributed by atoms with Crippen molar-refractivity contribution in [2.75, 3.05) is 21.3 Å². The van der Waals surface area contributed by atoms with Gasteiger partial charge < -0.3 is 24.6 Å². The highest BCUT2D eigenvalue weighted by Gasteiger charge is 2.29. The lowest BCUT2D eigenvalue weighted by atomic mass is 9.98. The van der Waals surface area contributed by atoms with Gasteiger partial charge in [0.05, 0.1) is 26.4 Å². The Bertz CT molecular complexity index is 418. The zero-order chi connectivity index (χ0) is 15.1. The molecule has 3 atom stereocenters. The largest absolute Gasteiger partial charge is 0.497 e. The number of nitrogens with one attached hydrogen (secondary N) is 1. The van der Waals surface area contributed by atoms with Crippen LogP contribution >= 0.6 is 0 Å². The first-order chi connectivity index (χ1) is 9.53. The Kier molecular flexibility index (Phi) is 6.27. The van der Waals surface area contributed by atoms with Gasteiger partial charge in [-0.1, -0.05) is 12.1 Å². The van der Waals surface area contributed by atoms with Gasteiger partial charge >= 0.3 is 6.09 Å². The minimum absolute atomic E-state index is 0.529. The number of methoxy groups -OCH3 is 3. The lowest BCUT2D eigenvalue weighted by molar-refractivity contribution is -0.0244. The number of benzene rings is 1. The van der Waals surface area contributed by atoms with Gasteiger partial charge in [-0.2, -0.15) is 0 Å². The monoisotopic (exact) mass is 283 g/mol. The highest BCUT2D eigenvalue weighted by atomic mass is 16.5. The molecule has 0 bridgehead atoms. The molecule has 0 aliphatic heterocycles. The molecule has 1 unspecified atom stereocenters. The normalized spacial score (nSPS) is 15.1. The van der Waals surface area contributed by atoms with Gasteiger partial charge in [-0.3, -0.25) is 0 Å². The molecule has 0 aromatic heterocycles. The third kappa shape index (κ3) is 4.11. The van der Waals surface area contributed by atoms with Crippen LogP contribution in [0.2, 0.25) is 0 Å². The first-order valence-electron chi connectivity index (χ1n) is 6.22. The number of hydrogen-bond donors (Lipinski definition) is 2. The average molecular weight is 283 g/mol. The summed E-state index contributed by atoms with van der Waals surface area (Å²) in [5.41, 5.74) is 0.781. The van der Waals surface area contributed by atoms with Gasteiger partial charge in [0.2, 0.25) is 0 Å². The van der Waals surface area contributed by atoms with E-state index in [1.807, 2.05) is 0 Å². The lowest BCUT2D eigenvalue weighted by Crippen LogP contribution is -2.42. The molecular formula is C14H21NO5. The van der Waals surface area contributed by atoms with E-state index >= 15 is 0 Å². The van der Waals surface area contributed by atoms with E-state index in [1.165, 1.54) is 14.2 Å². The molecule has 20 heavy (non-hydrogen) atoms. The van der Waals surface area contributed by atoms with Crippen LogP contribution in [0.4, 0.5) is 4.79 Å². The molecule has 1 amide bonds. The molecule has 6 nitrogen and oxygen atoms in total. The second-order valence-corrected chi connectivity index (χ2v) is 4.33. The number of rotatable bonds is 6. The molecule has 1 aromatic carbocycles. The summed E-state index contributed by atoms with van der Waals surface area (Å²) < 4.78 is 15.0. The van der Waals surface area contributed by atoms with Crippen molar-refractivity contribution in [3.05, 3.63) is 29.8 Å². The van der Waals surface area contributed by atoms with Crippen molar-refractivity contribution in [1.29, 1.82) is 0 Å². The third-order valence-electron chi connectivity index (χ3n) is 3.01. The van der Waals surface area contributed by atoms with Crippen molar-refractivity contribution >= 4 is 6.09 Å². The molecule has 0 fully saturated rings. The SMILES string of the molecule is COC(=O)N[C@H](c1ccc(OC)cc1)[C@H](OC)C(C)O. The number of ether oxygens (including phenoxy) is 3. The van der Waals surface area contributed by atoms with E-state index in [0.717, 1.165) is 5.56 Å². The number of carbonyl (C=O) groups is 1. The number of aliphatic hydroxyl groups is 1. The predicted octanol–water partition coefficient (Wildman–Crippen LogP) is 1.49. The van der Waals surface area contributed by atoms with E-state index in [4.69, 9.17) is 9.47 Å². The topological polar surface area (TPSA) is 77.0 Å². The summed E-state index contributed by atoms with van der Waals surface area (Å²) >= 11 is 0. The van der Waals surface area contributed by atoms with Gasteiger partial charge in [-0.15, -0.1) is 0 Å². The van der Waals surface area contributed by atoms with Crippen LogP contribution in [0.5, 0.6) is 5.75 Å². The van der Waals surface area contributed by atoms with Crippen LogP contribution in [-0.2, 0) is 9.47 Å². The molecule has 0 saturated heterocycles. The van der Waals surface area contributed by atoms with Crippen LogP contribution in [0, 0.1) is 0 Å². The van der Waals surface area contributed by atoms with Crippen LogP contribution in [-0.4, -0.2) is 44.7 Å². The van der Waals surface area contributed by atoms with Gasteiger partial charge in [0.25, 0.3) is 0 Å². The molecule has 2 N–H and O–H groups in total. The second-order valence-electron chi connectivity index (χ2n) is 4.33. The maximum atomic E-state index is 11.5. The summed E-state index contributed by atoms with van der Waals surface area (Å²) in [5, 5.41) is 12.5. The van der Waals surface area contributed by atoms with Crippen molar-refractivity contribution < 1.29 is 24.1 Å². The molecule has 0 radical (unpaired) electrons. The fourth-order valence-electron chi connectivity index (χ4n) is 1.96. The highest BCUT2D eigenvalue weighted by molar-refractivity contribution is 5.67. The van der Waals surface area contributed by atoms with E-state index in [9.17, 15) is 9.90 Å². The maximum Gasteiger partial charge on any atom is 0.407 e. The second kappa shape index (κ2) is 7.72. The van der Waals surface area contributed by atoms with E-state index in [0.29, 0.717) is 5.75 Å². The van der Waals surface area contributed by atoms with Gasteiger partial charge in [-0.25, -0.2) is 4.79 Å². The minimum Gasteiger partial charge on any atom is -0.497 e. The Morgan fingerprint density at radius 2 is 1.80 bits per heavy atom. The summed E-state index contributed by atoms with van der Waals surface area (Å²) in [6.45, 7) is 1.60. The number of alkyl carbamates (subject to hydrolysis) is 1. The van der Waals surface area contributed by atoms with Crippen molar-refractivity contribution in [1.82, 2.24) is 5.32 Å². The van der Waals surface area contributed by atoms with Gasteiger partial charge in [-0.05, 0) is 24.6 Å². The summed E-state index contributed by atoms with van der Waals surface area (Å²) in [7, 11) is 4.34. The zero-order valence-corrected chi connectivity index (χ0v) is 12.1. The molecule has 6 heteroatoms. The van der Waals surface area contributed by atoms with Crippen molar-refractivity contribution in [3.8, 4) is 5.75 Å². The van der Waals surface area contributed by atoms with E-state index in [1.54, 1.807) is 38.3 Å². The van der Waals surface area contributed by atoms with Crippen LogP contribution in [0.3, 0.4) is 0 Å². The Labute approximate surface area is 118 Å². The Morgan fingerprint density at radius 3 is 2.20 bits per heavy atom. The number of carbonyl (C=O) groups excluding carboxylic acids is 1. The molecule has 0 heterocycles. The molecule has 0 aliphatic carbocycles. The number of aliphatic hydroxyl groups excluding tert-OH is 1. The Balaban J connectivity index is 3.03. The number of hydrogen-bond acceptors (Lipinski definition) is 5. The summed E-state index contributed by atoms with van der Waals surface area (Å²) in [6.07, 6.45) is -1.94. The molecular weight excluding hydrogens is 262 g/mol. The Morgan fingerprint density at radius 1 is 1.20 bits per heavy atom. The molecule has 1 rings (SSSR count). The van der Waals surface area contributed by atoms with Crippen LogP contribution in [0.25, 0.3) is 0 Å². The van der Waals surface area contributed by atoms with Crippen LogP contribution in [0.1, 0.15) is 18.5 Å². The van der Waals surface area contributed by atoms with Crippen molar-refractivity contribution in [3.63, 3.8) is 0 Å². The zero-order valence-electron chi connectivity index (χ0n) is 12.1. The summed E-state index contributed by atoms with van der Waals surface area (Å²) in [6, 6.07) is 6.62. The fraction of sp³-hybridized carbons (Fsp3) is 0.500. The molecule has 0 saturated carbocycles. The van der Waals surface area contributed by atoms with Crippen LogP contribution in [0.15, 0.2) is 24.3 Å². The van der Waals surface area contributed by atoms with Gasteiger partial charge in [0.15, 0.2) is 0 Å². The first-order valence-corrected chi connectivity index (χ1v) is 6.22. The van der Waals surface area contributed by atoms with Gasteiger partial charge in [0.1, 0.15) is 11.9 Å². The first kappa shape index (κ1) is 16.3. The molecule has 112 valence electrons. The average Bonchev–Trinajstić information content (AvgIpc) is 2.46. The van der Waals surface area contributed by atoms with Crippen molar-refractivity contribution in [2.24, 2.45) is 0 Å². The third-order valence-corrected chi connectivity index (χ3v) is 3.01. The maximum absolute atomic E-state index is 11.5. The lowest BCUT2D eigenvalue weighted by Gasteiger charge is -2.29. The summed E-state index contributed by atoms with van der Waals surface area (Å²) in [5.74, 6) is 0.705. The molecule has 1 aromatic rings. The van der Waals surface area contributed by atoms with E-state index in [-0.39, 0.29) is 0 Å².